The topological polar surface area (TPSA) is 81.9 Å². The second-order valence-corrected chi connectivity index (χ2v) is 5.09. The summed E-state index contributed by atoms with van der Waals surface area (Å²) in [6.07, 6.45) is -0.414. The van der Waals surface area contributed by atoms with Crippen molar-refractivity contribution in [3.05, 3.63) is 38.9 Å². The average molecular weight is 315 g/mol. The van der Waals surface area contributed by atoms with Crippen LogP contribution in [0.1, 0.15) is 10.4 Å². The monoisotopic (exact) mass is 314 g/mol. The van der Waals surface area contributed by atoms with Crippen LogP contribution in [0.15, 0.2) is 18.2 Å². The fourth-order valence-electron chi connectivity index (χ4n) is 2.33. The number of hydrogen-bond acceptors (Lipinski definition) is 5. The Labute approximate surface area is 126 Å². The molecule has 7 nitrogen and oxygen atoms in total. The van der Waals surface area contributed by atoms with Crippen LogP contribution in [0.3, 0.4) is 0 Å². The second kappa shape index (κ2) is 6.38. The molecule has 1 aromatic carbocycles. The van der Waals surface area contributed by atoms with Gasteiger partial charge >= 0.3 is 0 Å². The summed E-state index contributed by atoms with van der Waals surface area (Å²) in [6, 6.07) is 4.01. The number of methoxy groups -OCH3 is 2. The minimum atomic E-state index is -0.612. The van der Waals surface area contributed by atoms with Crippen molar-refractivity contribution in [2.24, 2.45) is 0 Å². The summed E-state index contributed by atoms with van der Waals surface area (Å²) in [5.74, 6) is -0.309. The minimum Gasteiger partial charge on any atom is -0.377 e. The molecule has 2 unspecified atom stereocenters. The van der Waals surface area contributed by atoms with Crippen LogP contribution < -0.4 is 0 Å². The van der Waals surface area contributed by atoms with Gasteiger partial charge in [-0.1, -0.05) is 11.6 Å². The first-order chi connectivity index (χ1) is 9.97. The van der Waals surface area contributed by atoms with Crippen LogP contribution in [0.5, 0.6) is 0 Å². The van der Waals surface area contributed by atoms with E-state index in [1.807, 2.05) is 0 Å². The summed E-state index contributed by atoms with van der Waals surface area (Å²) in [5, 5.41) is 10.9. The average Bonchev–Trinajstić information content (AvgIpc) is 2.90. The molecular weight excluding hydrogens is 300 g/mol. The predicted molar refractivity (Wildman–Crippen MR) is 75.6 cm³/mol. The molecule has 1 saturated heterocycles. The van der Waals surface area contributed by atoms with Crippen LogP contribution in [-0.4, -0.2) is 55.2 Å². The SMILES string of the molecule is COC1CN(C(=O)c2ccc(Cl)c([N+](=O)[O-])c2)CC1OC. The molecule has 1 fully saturated rings. The fraction of sp³-hybridized carbons (Fsp3) is 0.462. The normalized spacial score (nSPS) is 21.6. The molecule has 114 valence electrons. The van der Waals surface area contributed by atoms with E-state index in [0.29, 0.717) is 13.1 Å². The number of amides is 1. The zero-order chi connectivity index (χ0) is 15.6. The number of hydrogen-bond donors (Lipinski definition) is 0. The molecule has 1 amide bonds. The number of nitro groups is 1. The van der Waals surface area contributed by atoms with Crippen LogP contribution in [0.4, 0.5) is 5.69 Å². The molecule has 0 aromatic heterocycles. The van der Waals surface area contributed by atoms with Gasteiger partial charge in [0.15, 0.2) is 0 Å². The molecular formula is C13H15ClN2O5. The number of carbonyl (C=O) groups is 1. The largest absolute Gasteiger partial charge is 0.377 e. The van der Waals surface area contributed by atoms with E-state index in [1.54, 1.807) is 19.1 Å². The lowest BCUT2D eigenvalue weighted by Gasteiger charge is -2.15. The molecule has 0 aliphatic carbocycles. The number of nitrogens with zero attached hydrogens (tertiary/aromatic N) is 2. The summed E-state index contributed by atoms with van der Waals surface area (Å²) in [4.78, 5) is 24.2. The van der Waals surface area contributed by atoms with Gasteiger partial charge in [-0.15, -0.1) is 0 Å². The second-order valence-electron chi connectivity index (χ2n) is 4.68. The third-order valence-electron chi connectivity index (χ3n) is 3.50. The van der Waals surface area contributed by atoms with Gasteiger partial charge < -0.3 is 14.4 Å². The molecule has 0 radical (unpaired) electrons. The summed E-state index contributed by atoms with van der Waals surface area (Å²) in [6.45, 7) is 0.758. The van der Waals surface area contributed by atoms with Crippen molar-refractivity contribution in [1.82, 2.24) is 4.90 Å². The molecule has 8 heteroatoms. The molecule has 1 heterocycles. The number of halogens is 1. The first kappa shape index (κ1) is 15.7. The summed E-state index contributed by atoms with van der Waals surface area (Å²) >= 11 is 5.74. The van der Waals surface area contributed by atoms with Gasteiger partial charge in [0.1, 0.15) is 17.2 Å². The van der Waals surface area contributed by atoms with Crippen LogP contribution in [0, 0.1) is 10.1 Å². The molecule has 0 bridgehead atoms. The third kappa shape index (κ3) is 3.15. The Bertz CT molecular complexity index is 553. The highest BCUT2D eigenvalue weighted by Crippen LogP contribution is 2.26. The highest BCUT2D eigenvalue weighted by molar-refractivity contribution is 6.32. The quantitative estimate of drug-likeness (QED) is 0.624. The van der Waals surface area contributed by atoms with Crippen molar-refractivity contribution >= 4 is 23.2 Å². The van der Waals surface area contributed by atoms with E-state index in [2.05, 4.69) is 0 Å². The maximum absolute atomic E-state index is 12.4. The van der Waals surface area contributed by atoms with Crippen molar-refractivity contribution in [3.8, 4) is 0 Å². The van der Waals surface area contributed by atoms with E-state index in [-0.39, 0.29) is 34.4 Å². The van der Waals surface area contributed by atoms with Gasteiger partial charge in [-0.3, -0.25) is 14.9 Å². The molecule has 2 atom stereocenters. The van der Waals surface area contributed by atoms with E-state index in [9.17, 15) is 14.9 Å². The van der Waals surface area contributed by atoms with Crippen LogP contribution in [0.2, 0.25) is 5.02 Å². The molecule has 0 N–H and O–H groups in total. The van der Waals surface area contributed by atoms with Gasteiger partial charge in [-0.05, 0) is 12.1 Å². The minimum absolute atomic E-state index is 0.00232. The highest BCUT2D eigenvalue weighted by Gasteiger charge is 2.36. The Morgan fingerprint density at radius 3 is 2.38 bits per heavy atom. The summed E-state index contributed by atoms with van der Waals surface area (Å²) in [7, 11) is 3.11. The lowest BCUT2D eigenvalue weighted by molar-refractivity contribution is -0.384. The van der Waals surface area contributed by atoms with Gasteiger partial charge in [-0.2, -0.15) is 0 Å². The number of benzene rings is 1. The van der Waals surface area contributed by atoms with E-state index in [4.69, 9.17) is 21.1 Å². The number of ether oxygens (including phenoxy) is 2. The molecule has 2 rings (SSSR count). The third-order valence-corrected chi connectivity index (χ3v) is 3.82. The zero-order valence-electron chi connectivity index (χ0n) is 11.6. The van der Waals surface area contributed by atoms with Crippen molar-refractivity contribution in [2.45, 2.75) is 12.2 Å². The highest BCUT2D eigenvalue weighted by atomic mass is 35.5. The van der Waals surface area contributed by atoms with E-state index < -0.39 is 4.92 Å². The van der Waals surface area contributed by atoms with Gasteiger partial charge in [0.05, 0.1) is 4.92 Å². The Morgan fingerprint density at radius 2 is 1.90 bits per heavy atom. The lowest BCUT2D eigenvalue weighted by atomic mass is 10.2. The van der Waals surface area contributed by atoms with Crippen LogP contribution >= 0.6 is 11.6 Å². The fourth-order valence-corrected chi connectivity index (χ4v) is 2.52. The lowest BCUT2D eigenvalue weighted by Crippen LogP contribution is -2.30. The number of carbonyl (C=O) groups excluding carboxylic acids is 1. The van der Waals surface area contributed by atoms with Crippen LogP contribution in [-0.2, 0) is 9.47 Å². The number of rotatable bonds is 4. The van der Waals surface area contributed by atoms with Gasteiger partial charge in [0.25, 0.3) is 11.6 Å². The van der Waals surface area contributed by atoms with Gasteiger partial charge in [0, 0.05) is 38.9 Å². The summed E-state index contributed by atoms with van der Waals surface area (Å²) < 4.78 is 10.5. The Hall–Kier alpha value is -1.70. The predicted octanol–water partition coefficient (Wildman–Crippen LogP) is 1.73. The van der Waals surface area contributed by atoms with Crippen molar-refractivity contribution in [2.75, 3.05) is 27.3 Å². The van der Waals surface area contributed by atoms with Gasteiger partial charge in [0.2, 0.25) is 0 Å². The van der Waals surface area contributed by atoms with E-state index >= 15 is 0 Å². The molecule has 0 spiro atoms. The Kier molecular flexibility index (Phi) is 4.76. The van der Waals surface area contributed by atoms with Crippen LogP contribution in [0.25, 0.3) is 0 Å². The molecule has 1 aromatic rings. The van der Waals surface area contributed by atoms with E-state index in [1.165, 1.54) is 18.2 Å². The smallest absolute Gasteiger partial charge is 0.288 e. The maximum atomic E-state index is 12.4. The van der Waals surface area contributed by atoms with E-state index in [0.717, 1.165) is 0 Å². The van der Waals surface area contributed by atoms with Crippen molar-refractivity contribution in [1.29, 1.82) is 0 Å². The van der Waals surface area contributed by atoms with Crippen molar-refractivity contribution in [3.63, 3.8) is 0 Å². The number of likely N-dealkylation sites (tertiary alicyclic amines) is 1. The maximum Gasteiger partial charge on any atom is 0.288 e. The summed E-state index contributed by atoms with van der Waals surface area (Å²) in [5.41, 5.74) is -0.0639. The molecule has 21 heavy (non-hydrogen) atoms. The molecule has 1 aliphatic heterocycles. The zero-order valence-corrected chi connectivity index (χ0v) is 12.4. The Morgan fingerprint density at radius 1 is 1.33 bits per heavy atom. The Balaban J connectivity index is 2.21. The number of nitro benzene ring substituents is 1. The van der Waals surface area contributed by atoms with Gasteiger partial charge in [-0.25, -0.2) is 0 Å². The molecule has 0 saturated carbocycles. The first-order valence-electron chi connectivity index (χ1n) is 6.26. The standard InChI is InChI=1S/C13H15ClN2O5/c1-20-11-6-15(7-12(11)21-2)13(17)8-3-4-9(14)10(5-8)16(18)19/h3-5,11-12H,6-7H2,1-2H3. The molecule has 1 aliphatic rings. The first-order valence-corrected chi connectivity index (χ1v) is 6.64. The van der Waals surface area contributed by atoms with Crippen molar-refractivity contribution < 1.29 is 19.2 Å².